The lowest BCUT2D eigenvalue weighted by molar-refractivity contribution is -0.167. The molecule has 0 saturated carbocycles. The number of carbonyl (C=O) groups is 3. The van der Waals surface area contributed by atoms with Crippen LogP contribution in [0, 0.1) is 0 Å². The smallest absolute Gasteiger partial charge is 0.306 e. The number of unbranched alkanes of at least 4 members (excludes halogenated alkanes) is 15. The molecule has 6 nitrogen and oxygen atoms in total. The van der Waals surface area contributed by atoms with Crippen molar-refractivity contribution in [2.24, 2.45) is 0 Å². The van der Waals surface area contributed by atoms with E-state index in [1.54, 1.807) is 0 Å². The van der Waals surface area contributed by atoms with E-state index in [1.165, 1.54) is 25.7 Å². The first-order valence-corrected chi connectivity index (χ1v) is 31.1. The summed E-state index contributed by atoms with van der Waals surface area (Å²) in [6.45, 7) is 6.29. The van der Waals surface area contributed by atoms with Crippen LogP contribution in [-0.4, -0.2) is 37.2 Å². The lowest BCUT2D eigenvalue weighted by atomic mass is 10.1. The summed E-state index contributed by atoms with van der Waals surface area (Å²) in [7, 11) is 0. The SMILES string of the molecule is CC/C=C\C/C=C\C/C=C\C/C=C\C/C=C\C/C=C\C/C=C\CCCCCC(=O)OCC(COC(=O)CCCCCCC/C=C\CCC)OC(=O)CCCCCCCC/C=C\C/C=C\C/C=C\C/C=C\C/C=C\C/C=C\CC. The van der Waals surface area contributed by atoms with E-state index < -0.39 is 6.10 Å². The van der Waals surface area contributed by atoms with Gasteiger partial charge in [-0.1, -0.05) is 249 Å². The number of rotatable bonds is 54. The fourth-order valence-electron chi connectivity index (χ4n) is 7.84. The highest BCUT2D eigenvalue weighted by Crippen LogP contribution is 2.13. The number of allylic oxidation sites excluding steroid dienone is 28. The maximum atomic E-state index is 12.9. The van der Waals surface area contributed by atoms with Gasteiger partial charge < -0.3 is 14.2 Å². The van der Waals surface area contributed by atoms with Gasteiger partial charge in [0.2, 0.25) is 0 Å². The van der Waals surface area contributed by atoms with Gasteiger partial charge in [0.15, 0.2) is 6.10 Å². The Labute approximate surface area is 479 Å². The molecule has 0 radical (unpaired) electrons. The number of hydrogen-bond acceptors (Lipinski definition) is 6. The third kappa shape index (κ3) is 61.6. The Bertz CT molecular complexity index is 1810. The molecule has 78 heavy (non-hydrogen) atoms. The topological polar surface area (TPSA) is 78.9 Å². The van der Waals surface area contributed by atoms with Gasteiger partial charge >= 0.3 is 17.9 Å². The number of carbonyl (C=O) groups excluding carboxylic acids is 3. The molecular formula is C72H112O6. The van der Waals surface area contributed by atoms with Crippen LogP contribution in [0.2, 0.25) is 0 Å². The van der Waals surface area contributed by atoms with Crippen LogP contribution in [0.1, 0.15) is 245 Å². The molecule has 0 fully saturated rings. The van der Waals surface area contributed by atoms with Crippen molar-refractivity contribution >= 4 is 17.9 Å². The van der Waals surface area contributed by atoms with Crippen molar-refractivity contribution in [2.45, 2.75) is 252 Å². The van der Waals surface area contributed by atoms with Gasteiger partial charge in [-0.2, -0.15) is 0 Å². The van der Waals surface area contributed by atoms with Crippen LogP contribution in [0.5, 0.6) is 0 Å². The summed E-state index contributed by atoms with van der Waals surface area (Å²) in [5, 5.41) is 0. The minimum Gasteiger partial charge on any atom is -0.462 e. The minimum absolute atomic E-state index is 0.108. The van der Waals surface area contributed by atoms with Crippen LogP contribution in [-0.2, 0) is 28.6 Å². The highest BCUT2D eigenvalue weighted by molar-refractivity contribution is 5.71. The summed E-state index contributed by atoms with van der Waals surface area (Å²) in [4.78, 5) is 38.2. The van der Waals surface area contributed by atoms with Gasteiger partial charge in [0.1, 0.15) is 13.2 Å². The second kappa shape index (κ2) is 64.3. The van der Waals surface area contributed by atoms with E-state index in [1.807, 2.05) is 0 Å². The highest BCUT2D eigenvalue weighted by Gasteiger charge is 2.19. The Morgan fingerprint density at radius 2 is 0.500 bits per heavy atom. The molecule has 0 heterocycles. The molecule has 1 unspecified atom stereocenters. The monoisotopic (exact) mass is 1070 g/mol. The molecule has 0 N–H and O–H groups in total. The molecular weight excluding hydrogens is 961 g/mol. The molecule has 0 amide bonds. The Morgan fingerprint density at radius 3 is 0.808 bits per heavy atom. The van der Waals surface area contributed by atoms with Crippen molar-refractivity contribution in [3.63, 3.8) is 0 Å². The van der Waals surface area contributed by atoms with Crippen LogP contribution in [0.4, 0.5) is 0 Å². The van der Waals surface area contributed by atoms with Gasteiger partial charge in [0.05, 0.1) is 0 Å². The normalized spacial score (nSPS) is 13.3. The van der Waals surface area contributed by atoms with Gasteiger partial charge in [-0.05, 0) is 148 Å². The Balaban J connectivity index is 4.42. The summed E-state index contributed by atoms with van der Waals surface area (Å²) in [6.07, 6.45) is 95.0. The lowest BCUT2D eigenvalue weighted by Gasteiger charge is -2.18. The zero-order valence-electron chi connectivity index (χ0n) is 49.9. The first kappa shape index (κ1) is 72.8. The van der Waals surface area contributed by atoms with Crippen molar-refractivity contribution in [3.8, 4) is 0 Å². The van der Waals surface area contributed by atoms with Crippen LogP contribution >= 0.6 is 0 Å². The first-order chi connectivity index (χ1) is 38.5. The van der Waals surface area contributed by atoms with Crippen LogP contribution in [0.15, 0.2) is 170 Å². The molecule has 0 aromatic rings. The second-order valence-electron chi connectivity index (χ2n) is 19.8. The average molecular weight is 1070 g/mol. The van der Waals surface area contributed by atoms with Crippen molar-refractivity contribution < 1.29 is 28.6 Å². The summed E-state index contributed by atoms with van der Waals surface area (Å²) >= 11 is 0. The number of ether oxygens (including phenoxy) is 3. The molecule has 6 heteroatoms. The molecule has 436 valence electrons. The molecule has 1 atom stereocenters. The predicted molar refractivity (Wildman–Crippen MR) is 338 cm³/mol. The fourth-order valence-corrected chi connectivity index (χ4v) is 7.84. The Morgan fingerprint density at radius 1 is 0.269 bits per heavy atom. The average Bonchev–Trinajstić information content (AvgIpc) is 3.44. The Hall–Kier alpha value is -5.23. The third-order valence-electron chi connectivity index (χ3n) is 12.4. The van der Waals surface area contributed by atoms with Crippen LogP contribution in [0.25, 0.3) is 0 Å². The minimum atomic E-state index is -0.813. The molecule has 0 spiro atoms. The predicted octanol–water partition coefficient (Wildman–Crippen LogP) is 21.5. The Kier molecular flexibility index (Phi) is 60.0. The fraction of sp³-hybridized carbons (Fsp3) is 0.569. The molecule has 0 aromatic carbocycles. The van der Waals surface area contributed by atoms with Gasteiger partial charge in [0.25, 0.3) is 0 Å². The van der Waals surface area contributed by atoms with E-state index in [9.17, 15) is 14.4 Å². The van der Waals surface area contributed by atoms with Gasteiger partial charge in [-0.3, -0.25) is 14.4 Å². The molecule has 0 aliphatic carbocycles. The first-order valence-electron chi connectivity index (χ1n) is 31.1. The zero-order chi connectivity index (χ0) is 56.4. The van der Waals surface area contributed by atoms with Gasteiger partial charge in [-0.25, -0.2) is 0 Å². The molecule has 0 aliphatic heterocycles. The zero-order valence-corrected chi connectivity index (χ0v) is 49.9. The van der Waals surface area contributed by atoms with Crippen molar-refractivity contribution in [1.82, 2.24) is 0 Å². The van der Waals surface area contributed by atoms with Gasteiger partial charge in [-0.15, -0.1) is 0 Å². The number of esters is 3. The third-order valence-corrected chi connectivity index (χ3v) is 12.4. The maximum absolute atomic E-state index is 12.9. The summed E-state index contributed by atoms with van der Waals surface area (Å²) < 4.78 is 16.8. The molecule has 0 bridgehead atoms. The highest BCUT2D eigenvalue weighted by atomic mass is 16.6. The van der Waals surface area contributed by atoms with Crippen molar-refractivity contribution in [1.29, 1.82) is 0 Å². The van der Waals surface area contributed by atoms with E-state index in [0.717, 1.165) is 180 Å². The largest absolute Gasteiger partial charge is 0.462 e. The standard InChI is InChI=1S/C72H112O6/c1-4-7-10-13-16-19-22-24-26-28-30-32-34-36-38-40-42-44-46-48-50-53-56-59-62-65-71(74)77-68-69(67-76-70(73)64-61-58-55-52-21-18-15-12-9-6-3)78-72(75)66-63-60-57-54-51-49-47-45-43-41-39-37-35-33-31-29-27-25-23-20-17-14-11-8-5-2/h7-8,10-12,15-17,19-20,24-27,30-33,36-39,42-45,48,50,69H,4-6,9,13-14,18,21-23,28-29,34-35,40-41,46-47,49,51-68H2,1-3H3/b10-7-,11-8-,15-12-,19-16-,20-17-,26-24-,27-25-,32-30-,33-31-,38-36-,39-37-,44-42-,45-43-,50-48-. The van der Waals surface area contributed by atoms with Crippen LogP contribution < -0.4 is 0 Å². The van der Waals surface area contributed by atoms with E-state index in [4.69, 9.17) is 14.2 Å². The van der Waals surface area contributed by atoms with E-state index in [0.29, 0.717) is 19.3 Å². The molecule has 0 rings (SSSR count). The van der Waals surface area contributed by atoms with E-state index in [2.05, 4.69) is 191 Å². The number of hydrogen-bond donors (Lipinski definition) is 0. The van der Waals surface area contributed by atoms with Crippen molar-refractivity contribution in [2.75, 3.05) is 13.2 Å². The quantitative estimate of drug-likeness (QED) is 0.0261. The maximum Gasteiger partial charge on any atom is 0.306 e. The second-order valence-corrected chi connectivity index (χ2v) is 19.8. The summed E-state index contributed by atoms with van der Waals surface area (Å²) in [5.74, 6) is -0.975. The molecule has 0 saturated heterocycles. The van der Waals surface area contributed by atoms with Crippen LogP contribution in [0.3, 0.4) is 0 Å². The van der Waals surface area contributed by atoms with Gasteiger partial charge in [0, 0.05) is 19.3 Å². The van der Waals surface area contributed by atoms with E-state index >= 15 is 0 Å². The molecule has 0 aromatic heterocycles. The summed E-state index contributed by atoms with van der Waals surface area (Å²) in [5.41, 5.74) is 0. The van der Waals surface area contributed by atoms with Crippen molar-refractivity contribution in [3.05, 3.63) is 170 Å². The molecule has 0 aliphatic rings. The summed E-state index contributed by atoms with van der Waals surface area (Å²) in [6, 6.07) is 0. The van der Waals surface area contributed by atoms with E-state index in [-0.39, 0.29) is 31.1 Å². The lowest BCUT2D eigenvalue weighted by Crippen LogP contribution is -2.30.